The van der Waals surface area contributed by atoms with Crippen LogP contribution in [0.1, 0.15) is 74.9 Å². The predicted molar refractivity (Wildman–Crippen MR) is 105 cm³/mol. The molecule has 5 nitrogen and oxygen atoms in total. The summed E-state index contributed by atoms with van der Waals surface area (Å²) in [4.78, 5) is 11.5. The van der Waals surface area contributed by atoms with E-state index in [4.69, 9.17) is 4.74 Å². The number of carbonyl (C=O) groups excluding carboxylic acids is 1. The monoisotopic (exact) mass is 388 g/mol. The summed E-state index contributed by atoms with van der Waals surface area (Å²) < 4.78 is 6.70. The minimum Gasteiger partial charge on any atom is -0.507 e. The normalized spacial score (nSPS) is 38.6. The van der Waals surface area contributed by atoms with Gasteiger partial charge in [-0.3, -0.25) is 4.79 Å². The van der Waals surface area contributed by atoms with Gasteiger partial charge in [0, 0.05) is 17.4 Å². The van der Waals surface area contributed by atoms with E-state index in [-0.39, 0.29) is 40.8 Å². The number of hydrogen-bond acceptors (Lipinski definition) is 5. The van der Waals surface area contributed by atoms with Crippen molar-refractivity contribution in [1.29, 1.82) is 0 Å². The molecule has 1 aliphatic heterocycles. The molecule has 0 saturated heterocycles. The van der Waals surface area contributed by atoms with E-state index in [2.05, 4.69) is 27.7 Å². The number of carbonyl (C=O) groups is 1. The Kier molecular flexibility index (Phi) is 4.37. The van der Waals surface area contributed by atoms with Crippen LogP contribution in [0.2, 0.25) is 0 Å². The van der Waals surface area contributed by atoms with Gasteiger partial charge in [0.2, 0.25) is 0 Å². The molecular formula is C23H32O5. The molecule has 0 bridgehead atoms. The van der Waals surface area contributed by atoms with Crippen molar-refractivity contribution in [3.8, 4) is 11.5 Å². The lowest BCUT2D eigenvalue weighted by molar-refractivity contribution is -0.210. The highest BCUT2D eigenvalue weighted by molar-refractivity contribution is 5.84. The average Bonchev–Trinajstić information content (AvgIpc) is 3.05. The minimum atomic E-state index is -0.485. The topological polar surface area (TPSA) is 87.0 Å². The molecule has 4 rings (SSSR count). The highest BCUT2D eigenvalue weighted by Gasteiger charge is 2.66. The lowest BCUT2D eigenvalue weighted by Gasteiger charge is -2.64. The second kappa shape index (κ2) is 6.20. The van der Waals surface area contributed by atoms with Gasteiger partial charge in [-0.15, -0.1) is 0 Å². The van der Waals surface area contributed by atoms with Gasteiger partial charge in [0.15, 0.2) is 6.29 Å². The minimum absolute atomic E-state index is 0.0542. The van der Waals surface area contributed by atoms with Crippen LogP contribution in [-0.2, 0) is 13.0 Å². The highest BCUT2D eigenvalue weighted by atomic mass is 16.5. The Morgan fingerprint density at radius 3 is 2.61 bits per heavy atom. The molecule has 3 aliphatic rings. The first kappa shape index (κ1) is 19.7. The molecule has 1 aromatic rings. The largest absolute Gasteiger partial charge is 0.507 e. The summed E-state index contributed by atoms with van der Waals surface area (Å²) in [5.41, 5.74) is 0.391. The fraction of sp³-hybridized carbons (Fsp3) is 0.696. The third-order valence-electron chi connectivity index (χ3n) is 8.62. The van der Waals surface area contributed by atoms with E-state index in [1.165, 1.54) is 0 Å². The SMILES string of the molecule is C[C@@H]1CC[C@H]2C(C)(C)[C@H](O)CC[C@]2(C)[C@@]12Cc1c(cc(CO)c(C=O)c1O)O2. The standard InChI is InChI=1S/C23H32O5/c1-13-5-6-18-21(2,3)19(26)7-8-22(18,4)23(13)10-15-17(28-23)9-14(11-24)16(12-25)20(15)27/h9,12-13,18-19,24,26-27H,5-8,10-11H2,1-4H3/t13-,18+,19-,22+,23-/m1/s1. The van der Waals surface area contributed by atoms with Crippen LogP contribution in [0.3, 0.4) is 0 Å². The first-order valence-electron chi connectivity index (χ1n) is 10.4. The highest BCUT2D eigenvalue weighted by Crippen LogP contribution is 2.66. The number of hydrogen-bond donors (Lipinski definition) is 3. The zero-order chi connectivity index (χ0) is 20.5. The third kappa shape index (κ3) is 2.29. The Morgan fingerprint density at radius 2 is 1.96 bits per heavy atom. The van der Waals surface area contributed by atoms with Gasteiger partial charge >= 0.3 is 0 Å². The number of benzene rings is 1. The molecular weight excluding hydrogens is 356 g/mol. The van der Waals surface area contributed by atoms with Crippen molar-refractivity contribution in [3.05, 3.63) is 22.8 Å². The Hall–Kier alpha value is -1.59. The Bertz CT molecular complexity index is 816. The van der Waals surface area contributed by atoms with Gasteiger partial charge in [0.05, 0.1) is 18.3 Å². The third-order valence-corrected chi connectivity index (χ3v) is 8.62. The van der Waals surface area contributed by atoms with Gasteiger partial charge < -0.3 is 20.1 Å². The van der Waals surface area contributed by atoms with Crippen LogP contribution >= 0.6 is 0 Å². The number of fused-ring (bicyclic) bond motifs is 3. The summed E-state index contributed by atoms with van der Waals surface area (Å²) in [6, 6.07) is 1.72. The van der Waals surface area contributed by atoms with Crippen molar-refractivity contribution >= 4 is 6.29 Å². The van der Waals surface area contributed by atoms with Gasteiger partial charge in [0.1, 0.15) is 17.1 Å². The van der Waals surface area contributed by atoms with Crippen LogP contribution in [-0.4, -0.2) is 33.3 Å². The van der Waals surface area contributed by atoms with Crippen molar-refractivity contribution in [1.82, 2.24) is 0 Å². The second-order valence-corrected chi connectivity index (χ2v) is 10.0. The molecule has 0 unspecified atom stereocenters. The summed E-state index contributed by atoms with van der Waals surface area (Å²) in [6.45, 7) is 8.52. The molecule has 3 N–H and O–H groups in total. The maximum absolute atomic E-state index is 11.5. The number of phenolic OH excluding ortho intramolecular Hbond substituents is 1. The smallest absolute Gasteiger partial charge is 0.154 e. The summed E-state index contributed by atoms with van der Waals surface area (Å²) in [5, 5.41) is 31.1. The van der Waals surface area contributed by atoms with E-state index in [1.807, 2.05) is 0 Å². The zero-order valence-electron chi connectivity index (χ0n) is 17.3. The van der Waals surface area contributed by atoms with E-state index in [1.54, 1.807) is 6.07 Å². The van der Waals surface area contributed by atoms with E-state index < -0.39 is 5.60 Å². The van der Waals surface area contributed by atoms with Crippen molar-refractivity contribution in [3.63, 3.8) is 0 Å². The van der Waals surface area contributed by atoms with E-state index in [0.29, 0.717) is 35.5 Å². The number of ether oxygens (including phenoxy) is 1. The molecule has 0 amide bonds. The van der Waals surface area contributed by atoms with Crippen LogP contribution in [0.25, 0.3) is 0 Å². The number of aliphatic hydroxyl groups excluding tert-OH is 2. The van der Waals surface area contributed by atoms with Crippen LogP contribution in [0.4, 0.5) is 0 Å². The number of aromatic hydroxyl groups is 1. The Balaban J connectivity index is 1.84. The number of aliphatic hydroxyl groups is 2. The molecule has 0 aromatic heterocycles. The lowest BCUT2D eigenvalue weighted by atomic mass is 9.43. The summed E-state index contributed by atoms with van der Waals surface area (Å²) >= 11 is 0. The van der Waals surface area contributed by atoms with Crippen molar-refractivity contribution < 1.29 is 24.9 Å². The van der Waals surface area contributed by atoms with Gasteiger partial charge in [-0.05, 0) is 54.6 Å². The van der Waals surface area contributed by atoms with Crippen LogP contribution in [0.5, 0.6) is 11.5 Å². The molecule has 5 heteroatoms. The Morgan fingerprint density at radius 1 is 1.25 bits per heavy atom. The van der Waals surface area contributed by atoms with Crippen LogP contribution in [0.15, 0.2) is 6.07 Å². The number of aldehydes is 1. The quantitative estimate of drug-likeness (QED) is 0.674. The van der Waals surface area contributed by atoms with Crippen molar-refractivity contribution in [2.75, 3.05) is 0 Å². The average molecular weight is 389 g/mol. The number of phenols is 1. The molecule has 2 aliphatic carbocycles. The molecule has 0 radical (unpaired) electrons. The summed E-state index contributed by atoms with van der Waals surface area (Å²) in [5.74, 6) is 1.12. The molecule has 2 fully saturated rings. The Labute approximate surface area is 166 Å². The molecule has 1 spiro atoms. The fourth-order valence-electron chi connectivity index (χ4n) is 6.81. The first-order chi connectivity index (χ1) is 13.1. The first-order valence-corrected chi connectivity index (χ1v) is 10.4. The molecule has 28 heavy (non-hydrogen) atoms. The van der Waals surface area contributed by atoms with Crippen LogP contribution in [0, 0.1) is 22.7 Å². The van der Waals surface area contributed by atoms with E-state index in [9.17, 15) is 20.1 Å². The molecule has 1 heterocycles. The van der Waals surface area contributed by atoms with Gasteiger partial charge in [-0.2, -0.15) is 0 Å². The predicted octanol–water partition coefficient (Wildman–Crippen LogP) is 3.60. The molecule has 154 valence electrons. The summed E-state index contributed by atoms with van der Waals surface area (Å²) in [7, 11) is 0. The van der Waals surface area contributed by atoms with Crippen LogP contribution < -0.4 is 4.74 Å². The van der Waals surface area contributed by atoms with Gasteiger partial charge in [-0.1, -0.05) is 27.7 Å². The summed E-state index contributed by atoms with van der Waals surface area (Å²) in [6.07, 6.45) is 4.50. The van der Waals surface area contributed by atoms with Crippen molar-refractivity contribution in [2.24, 2.45) is 22.7 Å². The van der Waals surface area contributed by atoms with Gasteiger partial charge in [0.25, 0.3) is 0 Å². The zero-order valence-corrected chi connectivity index (χ0v) is 17.3. The number of rotatable bonds is 2. The molecule has 2 saturated carbocycles. The van der Waals surface area contributed by atoms with E-state index >= 15 is 0 Å². The molecule has 5 atom stereocenters. The fourth-order valence-corrected chi connectivity index (χ4v) is 6.81. The second-order valence-electron chi connectivity index (χ2n) is 10.0. The molecule has 1 aromatic carbocycles. The lowest BCUT2D eigenvalue weighted by Crippen LogP contribution is -2.66. The van der Waals surface area contributed by atoms with E-state index in [0.717, 1.165) is 25.7 Å². The maximum atomic E-state index is 11.5. The maximum Gasteiger partial charge on any atom is 0.154 e. The van der Waals surface area contributed by atoms with Gasteiger partial charge in [-0.25, -0.2) is 0 Å². The van der Waals surface area contributed by atoms with Crippen molar-refractivity contribution in [2.45, 2.75) is 78.1 Å².